The Hall–Kier alpha value is -0.0400. The SMILES string of the molecule is OC1(C2CCC2)CC2CCC1CC2. The van der Waals surface area contributed by atoms with E-state index in [1.54, 1.807) is 0 Å². The van der Waals surface area contributed by atoms with Crippen LogP contribution in [0.3, 0.4) is 0 Å². The third-order valence-corrected chi connectivity index (χ3v) is 4.98. The van der Waals surface area contributed by atoms with E-state index in [0.29, 0.717) is 11.8 Å². The van der Waals surface area contributed by atoms with Crippen molar-refractivity contribution in [2.45, 2.75) is 57.0 Å². The Labute approximate surface area is 80.5 Å². The Kier molecular flexibility index (Phi) is 1.74. The largest absolute Gasteiger partial charge is 0.389 e. The number of hydrogen-bond donors (Lipinski definition) is 1. The van der Waals surface area contributed by atoms with Crippen molar-refractivity contribution in [1.29, 1.82) is 0 Å². The minimum atomic E-state index is -0.209. The molecule has 4 fully saturated rings. The summed E-state index contributed by atoms with van der Waals surface area (Å²) in [5, 5.41) is 10.7. The van der Waals surface area contributed by atoms with E-state index in [1.165, 1.54) is 44.9 Å². The monoisotopic (exact) mass is 180 g/mol. The molecule has 0 heterocycles. The molecule has 4 aliphatic carbocycles. The van der Waals surface area contributed by atoms with Crippen molar-refractivity contribution in [2.24, 2.45) is 17.8 Å². The fraction of sp³-hybridized carbons (Fsp3) is 1.00. The third-order valence-electron chi connectivity index (χ3n) is 4.98. The van der Waals surface area contributed by atoms with Crippen LogP contribution < -0.4 is 0 Å². The number of rotatable bonds is 1. The Bertz CT molecular complexity index is 201. The maximum absolute atomic E-state index is 10.7. The molecule has 1 nitrogen and oxygen atoms in total. The molecular weight excluding hydrogens is 160 g/mol. The van der Waals surface area contributed by atoms with Gasteiger partial charge >= 0.3 is 0 Å². The Morgan fingerprint density at radius 2 is 1.46 bits per heavy atom. The minimum Gasteiger partial charge on any atom is -0.389 e. The fourth-order valence-corrected chi connectivity index (χ4v) is 3.90. The normalized spacial score (nSPS) is 50.5. The molecule has 0 saturated heterocycles. The average molecular weight is 180 g/mol. The first-order valence-electron chi connectivity index (χ1n) is 6.01. The molecule has 4 aliphatic rings. The topological polar surface area (TPSA) is 20.2 Å². The number of hydrogen-bond acceptors (Lipinski definition) is 1. The summed E-state index contributed by atoms with van der Waals surface area (Å²) >= 11 is 0. The van der Waals surface area contributed by atoms with Gasteiger partial charge in [0.15, 0.2) is 0 Å². The van der Waals surface area contributed by atoms with Gasteiger partial charge in [0, 0.05) is 0 Å². The van der Waals surface area contributed by atoms with Gasteiger partial charge in [-0.05, 0) is 62.7 Å². The summed E-state index contributed by atoms with van der Waals surface area (Å²) in [7, 11) is 0. The lowest BCUT2D eigenvalue weighted by Gasteiger charge is -2.54. The van der Waals surface area contributed by atoms with Crippen molar-refractivity contribution in [2.75, 3.05) is 0 Å². The van der Waals surface area contributed by atoms with Crippen molar-refractivity contribution in [1.82, 2.24) is 0 Å². The van der Waals surface area contributed by atoms with Crippen LogP contribution in [0.4, 0.5) is 0 Å². The maximum Gasteiger partial charge on any atom is 0.0706 e. The van der Waals surface area contributed by atoms with Crippen LogP contribution in [0.25, 0.3) is 0 Å². The molecule has 1 unspecified atom stereocenters. The molecule has 0 amide bonds. The standard InChI is InChI=1S/C12H20O/c13-12(10-2-1-3-10)8-9-4-6-11(12)7-5-9/h9-11,13H,1-8H2. The molecule has 4 rings (SSSR count). The summed E-state index contributed by atoms with van der Waals surface area (Å²) in [6, 6.07) is 0. The Morgan fingerprint density at radius 3 is 1.85 bits per heavy atom. The first-order valence-corrected chi connectivity index (χ1v) is 6.01. The molecule has 0 aromatic heterocycles. The van der Waals surface area contributed by atoms with Crippen molar-refractivity contribution in [3.63, 3.8) is 0 Å². The van der Waals surface area contributed by atoms with E-state index in [-0.39, 0.29) is 5.60 Å². The van der Waals surface area contributed by atoms with Gasteiger partial charge in [-0.2, -0.15) is 0 Å². The average Bonchev–Trinajstić information content (AvgIpc) is 2.01. The van der Waals surface area contributed by atoms with E-state index in [0.717, 1.165) is 12.3 Å². The van der Waals surface area contributed by atoms with Crippen molar-refractivity contribution in [3.8, 4) is 0 Å². The fourth-order valence-electron chi connectivity index (χ4n) is 3.90. The Balaban J connectivity index is 1.81. The van der Waals surface area contributed by atoms with Gasteiger partial charge in [-0.3, -0.25) is 0 Å². The van der Waals surface area contributed by atoms with E-state index >= 15 is 0 Å². The maximum atomic E-state index is 10.7. The first kappa shape index (κ1) is 8.28. The van der Waals surface area contributed by atoms with Crippen LogP contribution in [0.1, 0.15) is 51.4 Å². The quantitative estimate of drug-likeness (QED) is 0.658. The van der Waals surface area contributed by atoms with Crippen LogP contribution in [0, 0.1) is 17.8 Å². The van der Waals surface area contributed by atoms with Crippen molar-refractivity contribution in [3.05, 3.63) is 0 Å². The number of aliphatic hydroxyl groups is 1. The second kappa shape index (κ2) is 2.73. The van der Waals surface area contributed by atoms with E-state index in [1.807, 2.05) is 0 Å². The second-order valence-electron chi connectivity index (χ2n) is 5.54. The summed E-state index contributed by atoms with van der Waals surface area (Å²) in [5.74, 6) is 2.22. The summed E-state index contributed by atoms with van der Waals surface area (Å²) in [4.78, 5) is 0. The zero-order valence-electron chi connectivity index (χ0n) is 8.34. The van der Waals surface area contributed by atoms with Crippen molar-refractivity contribution >= 4 is 0 Å². The highest BCUT2D eigenvalue weighted by molar-refractivity contribution is 5.03. The van der Waals surface area contributed by atoms with Gasteiger partial charge in [0.1, 0.15) is 0 Å². The van der Waals surface area contributed by atoms with E-state index in [9.17, 15) is 5.11 Å². The third kappa shape index (κ3) is 1.09. The lowest BCUT2D eigenvalue weighted by molar-refractivity contribution is -0.154. The van der Waals surface area contributed by atoms with Crippen LogP contribution in [-0.2, 0) is 0 Å². The van der Waals surface area contributed by atoms with Crippen LogP contribution in [0.15, 0.2) is 0 Å². The second-order valence-corrected chi connectivity index (χ2v) is 5.54. The van der Waals surface area contributed by atoms with Crippen LogP contribution in [0.2, 0.25) is 0 Å². The molecule has 1 heteroatoms. The molecule has 1 atom stereocenters. The highest BCUT2D eigenvalue weighted by Gasteiger charge is 2.51. The molecule has 0 radical (unpaired) electrons. The summed E-state index contributed by atoms with van der Waals surface area (Å²) in [5.41, 5.74) is -0.209. The minimum absolute atomic E-state index is 0.209. The van der Waals surface area contributed by atoms with E-state index < -0.39 is 0 Å². The highest BCUT2D eigenvalue weighted by atomic mass is 16.3. The molecule has 0 aliphatic heterocycles. The zero-order valence-corrected chi connectivity index (χ0v) is 8.34. The van der Waals surface area contributed by atoms with Gasteiger partial charge < -0.3 is 5.11 Å². The van der Waals surface area contributed by atoms with Crippen LogP contribution >= 0.6 is 0 Å². The summed E-state index contributed by atoms with van der Waals surface area (Å²) < 4.78 is 0. The smallest absolute Gasteiger partial charge is 0.0706 e. The molecule has 13 heavy (non-hydrogen) atoms. The Morgan fingerprint density at radius 1 is 0.846 bits per heavy atom. The molecule has 0 aromatic carbocycles. The van der Waals surface area contributed by atoms with Gasteiger partial charge in [0.25, 0.3) is 0 Å². The summed E-state index contributed by atoms with van der Waals surface area (Å²) in [6.45, 7) is 0. The predicted octanol–water partition coefficient (Wildman–Crippen LogP) is 2.73. The molecular formula is C12H20O. The zero-order chi connectivity index (χ0) is 8.89. The molecule has 2 bridgehead atoms. The number of fused-ring (bicyclic) bond motifs is 3. The molecule has 0 spiro atoms. The van der Waals surface area contributed by atoms with Gasteiger partial charge in [-0.1, -0.05) is 6.42 Å². The molecule has 0 aromatic rings. The van der Waals surface area contributed by atoms with E-state index in [4.69, 9.17) is 0 Å². The molecule has 1 N–H and O–H groups in total. The van der Waals surface area contributed by atoms with Crippen LogP contribution in [0.5, 0.6) is 0 Å². The summed E-state index contributed by atoms with van der Waals surface area (Å²) in [6.07, 6.45) is 10.6. The van der Waals surface area contributed by atoms with Gasteiger partial charge in [-0.25, -0.2) is 0 Å². The predicted molar refractivity (Wildman–Crippen MR) is 52.4 cm³/mol. The lowest BCUT2D eigenvalue weighted by atomic mass is 9.54. The van der Waals surface area contributed by atoms with Gasteiger partial charge in [0.05, 0.1) is 5.60 Å². The van der Waals surface area contributed by atoms with Crippen molar-refractivity contribution < 1.29 is 5.11 Å². The highest BCUT2D eigenvalue weighted by Crippen LogP contribution is 2.54. The first-order chi connectivity index (χ1) is 6.29. The van der Waals surface area contributed by atoms with E-state index in [2.05, 4.69) is 0 Å². The molecule has 4 saturated carbocycles. The lowest BCUT2D eigenvalue weighted by Crippen LogP contribution is -2.54. The van der Waals surface area contributed by atoms with Gasteiger partial charge in [0.2, 0.25) is 0 Å². The van der Waals surface area contributed by atoms with Gasteiger partial charge in [-0.15, -0.1) is 0 Å². The molecule has 74 valence electrons. The van der Waals surface area contributed by atoms with Crippen LogP contribution in [-0.4, -0.2) is 10.7 Å².